The molecule has 0 atom stereocenters. The fraction of sp³-hybridized carbons (Fsp3) is 0.360. The molecule has 0 saturated carbocycles. The fourth-order valence-corrected chi connectivity index (χ4v) is 10.2. The molecular weight excluding hydrogens is 894 g/mol. The van der Waals surface area contributed by atoms with Gasteiger partial charge in [-0.15, -0.1) is 0 Å². The normalized spacial score (nSPS) is 14.4. The summed E-state index contributed by atoms with van der Waals surface area (Å²) in [6.07, 6.45) is 10.6. The zero-order chi connectivity index (χ0) is 45.2. The van der Waals surface area contributed by atoms with Crippen molar-refractivity contribution in [2.75, 3.05) is 39.3 Å². The van der Waals surface area contributed by atoms with Crippen LogP contribution in [0.5, 0.6) is 0 Å². The molecule has 0 aliphatic carbocycles. The van der Waals surface area contributed by atoms with Gasteiger partial charge < -0.3 is 20.4 Å². The SMILES string of the molecule is CC(C)c1ccccc1-c1cc(Sc2cc(-c3ccccc3C(C)C)c(/C=C/C(=O)NCCCN3CCCC3=O)c(Cl)c2Cl)c(Cl)c(Cl)c1/C=C/C(=O)NCCCN1CCCC1=O. The molecular formula is C50H54Cl4N4O4S. The first-order chi connectivity index (χ1) is 30.2. The maximum Gasteiger partial charge on any atom is 0.244 e. The van der Waals surface area contributed by atoms with Gasteiger partial charge in [-0.1, -0.05) is 134 Å². The Hall–Kier alpha value is -4.25. The van der Waals surface area contributed by atoms with Crippen molar-refractivity contribution in [3.05, 3.63) is 115 Å². The Morgan fingerprint density at radius 3 is 1.38 bits per heavy atom. The molecule has 8 nitrogen and oxygen atoms in total. The summed E-state index contributed by atoms with van der Waals surface area (Å²) in [6.45, 7) is 12.1. The molecule has 63 heavy (non-hydrogen) atoms. The number of carbonyl (C=O) groups excluding carboxylic acids is 4. The van der Waals surface area contributed by atoms with Gasteiger partial charge in [-0.05, 0) is 95.2 Å². The molecule has 4 aromatic rings. The second kappa shape index (κ2) is 22.6. The summed E-state index contributed by atoms with van der Waals surface area (Å²) in [7, 11) is 0. The summed E-state index contributed by atoms with van der Waals surface area (Å²) < 4.78 is 0. The topological polar surface area (TPSA) is 98.8 Å². The lowest BCUT2D eigenvalue weighted by molar-refractivity contribution is -0.128. The zero-order valence-electron chi connectivity index (χ0n) is 36.2. The number of hydrogen-bond donors (Lipinski definition) is 2. The van der Waals surface area contributed by atoms with Gasteiger partial charge in [0.2, 0.25) is 23.6 Å². The van der Waals surface area contributed by atoms with Crippen molar-refractivity contribution in [1.29, 1.82) is 0 Å². The second-order valence-corrected chi connectivity index (χ2v) is 19.0. The molecule has 2 saturated heterocycles. The van der Waals surface area contributed by atoms with Gasteiger partial charge in [-0.2, -0.15) is 0 Å². The van der Waals surface area contributed by atoms with Crippen molar-refractivity contribution in [3.63, 3.8) is 0 Å². The number of benzene rings is 4. The second-order valence-electron chi connectivity index (χ2n) is 16.4. The summed E-state index contributed by atoms with van der Waals surface area (Å²) in [5.41, 5.74) is 6.85. The van der Waals surface area contributed by atoms with Gasteiger partial charge in [0.1, 0.15) is 0 Å². The molecule has 0 unspecified atom stereocenters. The van der Waals surface area contributed by atoms with E-state index in [1.54, 1.807) is 12.2 Å². The van der Waals surface area contributed by atoms with E-state index in [0.717, 1.165) is 59.3 Å². The lowest BCUT2D eigenvalue weighted by atomic mass is 9.90. The first-order valence-corrected chi connectivity index (χ1v) is 24.0. The average Bonchev–Trinajstić information content (AvgIpc) is 3.89. The molecule has 13 heteroatoms. The monoisotopic (exact) mass is 946 g/mol. The first kappa shape index (κ1) is 48.2. The molecule has 2 aliphatic heterocycles. The summed E-state index contributed by atoms with van der Waals surface area (Å²) in [5.74, 6) is 0.113. The number of nitrogens with one attached hydrogen (secondary N) is 2. The molecule has 2 aliphatic rings. The van der Waals surface area contributed by atoms with Gasteiger partial charge in [0, 0.05) is 85.2 Å². The molecule has 4 amide bonds. The molecule has 2 heterocycles. The maximum absolute atomic E-state index is 13.1. The minimum atomic E-state index is -0.283. The van der Waals surface area contributed by atoms with Crippen LogP contribution in [0.1, 0.15) is 100 Å². The van der Waals surface area contributed by atoms with Crippen LogP contribution in [0.3, 0.4) is 0 Å². The van der Waals surface area contributed by atoms with Gasteiger partial charge in [0.05, 0.1) is 20.1 Å². The molecule has 6 rings (SSSR count). The third-order valence-corrected chi connectivity index (χ3v) is 14.4. The lowest BCUT2D eigenvalue weighted by Crippen LogP contribution is -2.29. The van der Waals surface area contributed by atoms with Crippen molar-refractivity contribution in [2.24, 2.45) is 0 Å². The Morgan fingerprint density at radius 1 is 0.619 bits per heavy atom. The number of carbonyl (C=O) groups is 4. The summed E-state index contributed by atoms with van der Waals surface area (Å²) in [5, 5.41) is 6.99. The number of amides is 4. The highest BCUT2D eigenvalue weighted by atomic mass is 35.5. The van der Waals surface area contributed by atoms with Gasteiger partial charge >= 0.3 is 0 Å². The number of hydrogen-bond acceptors (Lipinski definition) is 5. The lowest BCUT2D eigenvalue weighted by Gasteiger charge is -2.20. The molecule has 0 radical (unpaired) electrons. The third kappa shape index (κ3) is 12.1. The zero-order valence-corrected chi connectivity index (χ0v) is 40.0. The summed E-state index contributed by atoms with van der Waals surface area (Å²) in [4.78, 5) is 55.1. The summed E-state index contributed by atoms with van der Waals surface area (Å²) in [6, 6.07) is 20.2. The maximum atomic E-state index is 13.1. The van der Waals surface area contributed by atoms with E-state index < -0.39 is 0 Å². The average molecular weight is 949 g/mol. The largest absolute Gasteiger partial charge is 0.352 e. The van der Waals surface area contributed by atoms with E-state index >= 15 is 0 Å². The van der Waals surface area contributed by atoms with Crippen molar-refractivity contribution in [2.45, 2.75) is 87.8 Å². The number of rotatable bonds is 18. The molecule has 2 N–H and O–H groups in total. The van der Waals surface area contributed by atoms with E-state index in [0.29, 0.717) is 72.8 Å². The number of nitrogens with zero attached hydrogens (tertiary/aromatic N) is 2. The highest BCUT2D eigenvalue weighted by molar-refractivity contribution is 7.99. The van der Waals surface area contributed by atoms with E-state index in [-0.39, 0.29) is 55.6 Å². The highest BCUT2D eigenvalue weighted by Crippen LogP contribution is 2.50. The first-order valence-electron chi connectivity index (χ1n) is 21.6. The Kier molecular flexibility index (Phi) is 17.3. The highest BCUT2D eigenvalue weighted by Gasteiger charge is 2.24. The molecule has 2 fully saturated rings. The van der Waals surface area contributed by atoms with Crippen LogP contribution >= 0.6 is 58.2 Å². The van der Waals surface area contributed by atoms with Crippen LogP contribution in [0.25, 0.3) is 34.4 Å². The number of halogens is 4. The molecule has 0 bridgehead atoms. The van der Waals surface area contributed by atoms with Crippen LogP contribution in [0, 0.1) is 0 Å². The molecule has 332 valence electrons. The molecule has 4 aromatic carbocycles. The van der Waals surface area contributed by atoms with Crippen LogP contribution in [-0.4, -0.2) is 72.7 Å². The van der Waals surface area contributed by atoms with Crippen LogP contribution in [0.15, 0.2) is 82.6 Å². The van der Waals surface area contributed by atoms with E-state index in [2.05, 4.69) is 50.5 Å². The third-order valence-electron chi connectivity index (χ3n) is 11.3. The van der Waals surface area contributed by atoms with Crippen LogP contribution in [0.4, 0.5) is 0 Å². The molecule has 0 spiro atoms. The van der Waals surface area contributed by atoms with Crippen LogP contribution in [0.2, 0.25) is 20.1 Å². The van der Waals surface area contributed by atoms with Gasteiger partial charge in [-0.3, -0.25) is 19.2 Å². The van der Waals surface area contributed by atoms with E-state index in [1.807, 2.05) is 58.3 Å². The van der Waals surface area contributed by atoms with Gasteiger partial charge in [0.25, 0.3) is 0 Å². The standard InChI is InChI=1S/C50H54Cl4N4O4S/c1-31(2)33-13-5-7-15-35(33)39-29-41(49(53)47(51)37(39)19-21-43(59)55-23-11-27-57-25-9-17-45(57)61)63-42-30-40(36-16-8-6-14-34(36)32(3)4)38(48(52)50(42)54)20-22-44(60)56-24-12-28-58-26-10-18-46(58)62/h5-8,13-16,19-22,29-32H,9-12,17-18,23-28H2,1-4H3,(H,55,59)(H,56,60)/b21-19+,22-20+. The van der Waals surface area contributed by atoms with E-state index in [9.17, 15) is 19.2 Å². The Morgan fingerprint density at radius 2 is 1.02 bits per heavy atom. The van der Waals surface area contributed by atoms with Gasteiger partial charge in [0.15, 0.2) is 0 Å². The minimum absolute atomic E-state index is 0.164. The fourth-order valence-electron chi connectivity index (χ4n) is 8.04. The Bertz CT molecular complexity index is 2250. The van der Waals surface area contributed by atoms with Crippen LogP contribution in [-0.2, 0) is 19.2 Å². The Balaban J connectivity index is 1.33. The van der Waals surface area contributed by atoms with Crippen molar-refractivity contribution in [3.8, 4) is 22.3 Å². The van der Waals surface area contributed by atoms with E-state index in [1.165, 1.54) is 23.9 Å². The van der Waals surface area contributed by atoms with Gasteiger partial charge in [-0.25, -0.2) is 0 Å². The van der Waals surface area contributed by atoms with E-state index in [4.69, 9.17) is 46.4 Å². The predicted octanol–water partition coefficient (Wildman–Crippen LogP) is 12.3. The molecule has 0 aromatic heterocycles. The minimum Gasteiger partial charge on any atom is -0.352 e. The summed E-state index contributed by atoms with van der Waals surface area (Å²) >= 11 is 30.0. The number of likely N-dealkylation sites (tertiary alicyclic amines) is 2. The smallest absolute Gasteiger partial charge is 0.244 e. The van der Waals surface area contributed by atoms with Crippen molar-refractivity contribution in [1.82, 2.24) is 20.4 Å². The van der Waals surface area contributed by atoms with Crippen LogP contribution < -0.4 is 10.6 Å². The predicted molar refractivity (Wildman–Crippen MR) is 261 cm³/mol. The van der Waals surface area contributed by atoms with Crippen molar-refractivity contribution >= 4 is 93.9 Å². The quantitative estimate of drug-likeness (QED) is 0.0765. The van der Waals surface area contributed by atoms with Crippen molar-refractivity contribution < 1.29 is 19.2 Å². The Labute approximate surface area is 395 Å².